The van der Waals surface area contributed by atoms with Crippen LogP contribution in [0.3, 0.4) is 0 Å². The third-order valence-corrected chi connectivity index (χ3v) is 20.9. The summed E-state index contributed by atoms with van der Waals surface area (Å²) in [6, 6.07) is 5.16. The van der Waals surface area contributed by atoms with Crippen molar-refractivity contribution in [1.82, 2.24) is 36.8 Å². The molecule has 6 heterocycles. The molecule has 11 rings (SSSR count). The average Bonchev–Trinajstić information content (AvgIpc) is 0.764. The fourth-order valence-corrected chi connectivity index (χ4v) is 14.3. The second kappa shape index (κ2) is 29.6. The normalized spacial score (nSPS) is 25.9. The van der Waals surface area contributed by atoms with Crippen LogP contribution in [0.25, 0.3) is 11.1 Å². The molecule has 26 nitrogen and oxygen atoms in total. The van der Waals surface area contributed by atoms with Crippen molar-refractivity contribution in [2.75, 3.05) is 20.7 Å². The van der Waals surface area contributed by atoms with Crippen molar-refractivity contribution < 1.29 is 107 Å². The zero-order chi connectivity index (χ0) is 68.6. The fraction of sp³-hybridized carbons (Fsp3) is 0.424. The van der Waals surface area contributed by atoms with Gasteiger partial charge in [-0.3, -0.25) is 19.3 Å². The van der Waals surface area contributed by atoms with E-state index in [0.29, 0.717) is 29.5 Å². The summed E-state index contributed by atoms with van der Waals surface area (Å²) in [6.07, 6.45) is -6.17. The number of hydrogen-bond acceptors (Lipinski definition) is 19. The molecule has 1 fully saturated rings. The Morgan fingerprint density at radius 1 is 0.713 bits per heavy atom. The number of benzene rings is 5. The van der Waals surface area contributed by atoms with Gasteiger partial charge in [0.1, 0.15) is 6.04 Å². The number of amides is 7. The molecule has 6 aliphatic heterocycles. The molecule has 11 bridgehead atoms. The summed E-state index contributed by atoms with van der Waals surface area (Å²) in [5, 5.41) is 85.5. The summed E-state index contributed by atoms with van der Waals surface area (Å²) in [6.45, 7) is 11.6. The van der Waals surface area contributed by atoms with Gasteiger partial charge >= 0.3 is 480 Å². The van der Waals surface area contributed by atoms with E-state index in [-0.39, 0.29) is 80.2 Å². The van der Waals surface area contributed by atoms with Gasteiger partial charge in [-0.2, -0.15) is 0 Å². The van der Waals surface area contributed by atoms with Gasteiger partial charge < -0.3 is 21.5 Å². The number of ether oxygens (including phenoxy) is 4. The van der Waals surface area contributed by atoms with Crippen molar-refractivity contribution >= 4 is 95.7 Å². The van der Waals surface area contributed by atoms with Gasteiger partial charge in [-0.15, -0.1) is 0 Å². The summed E-state index contributed by atoms with van der Waals surface area (Å²) in [5.74, 6) is -10.1. The predicted octanol–water partition coefficient (Wildman–Crippen LogP) is 2.94. The minimum atomic E-state index is -2.06. The van der Waals surface area contributed by atoms with Crippen LogP contribution < -0.4 is 51.8 Å². The Morgan fingerprint density at radius 2 is 1.31 bits per heavy atom. The van der Waals surface area contributed by atoms with Crippen LogP contribution in [-0.2, 0) is 62.3 Å². The van der Waals surface area contributed by atoms with Crippen molar-refractivity contribution in [2.24, 2.45) is 11.7 Å². The summed E-state index contributed by atoms with van der Waals surface area (Å²) in [5.41, 5.74) is 6.29. The van der Waals surface area contributed by atoms with E-state index >= 15 is 19.2 Å². The SMILES string of the molecule is CCC1OC(COc2c3cc4cc2Oc2ccc(cc2C)C(O)C(NC(=O)C(CC(C)C)N(C)C)C(=O)NC(CC(N)=O)C(=O)NC4C(=O)NC2C(=O)NC(C(=O)NC([C](=O)[Rb])c4cc(O)c(C)c(O)c4-c4cc2ccc4O)C(C)c2ccc(c(C)c2)O3)[CH]([Re])C(O)C1O. The van der Waals surface area contributed by atoms with Crippen molar-refractivity contribution in [2.45, 2.75) is 151 Å². The summed E-state index contributed by atoms with van der Waals surface area (Å²) < 4.78 is 25.6. The summed E-state index contributed by atoms with van der Waals surface area (Å²) >= 11 is 0.270. The Morgan fingerprint density at radius 3 is 1.90 bits per heavy atom. The van der Waals surface area contributed by atoms with Crippen molar-refractivity contribution in [1.29, 1.82) is 0 Å². The molecule has 28 heteroatoms. The van der Waals surface area contributed by atoms with Gasteiger partial charge in [0.05, 0.1) is 12.5 Å². The number of aryl methyl sites for hydroxylation is 2. The third-order valence-electron chi connectivity index (χ3n) is 17.6. The number of phenolic OH excluding ortho intramolecular Hbond substituents is 3. The molecule has 0 saturated carbocycles. The Balaban J connectivity index is 1.31. The molecule has 94 heavy (non-hydrogen) atoms. The van der Waals surface area contributed by atoms with Crippen LogP contribution in [0.15, 0.2) is 72.8 Å². The van der Waals surface area contributed by atoms with Gasteiger partial charge in [0.15, 0.2) is 0 Å². The number of nitrogens with one attached hydrogen (secondary N) is 6. The van der Waals surface area contributed by atoms with Crippen LogP contribution in [0.5, 0.6) is 46.0 Å². The molecule has 0 aromatic heterocycles. The van der Waals surface area contributed by atoms with Crippen LogP contribution in [0, 0.1) is 26.7 Å². The second-order valence-corrected chi connectivity index (χ2v) is 29.3. The van der Waals surface area contributed by atoms with Crippen molar-refractivity contribution in [3.63, 3.8) is 0 Å². The molecule has 14 N–H and O–H groups in total. The zero-order valence-electron chi connectivity index (χ0n) is 53.4. The monoisotopic (exact) mass is 1540 g/mol. The number of aliphatic hydroxyl groups is 3. The molecule has 14 unspecified atom stereocenters. The van der Waals surface area contributed by atoms with E-state index in [2.05, 4.69) is 31.9 Å². The van der Waals surface area contributed by atoms with Crippen LogP contribution in [0.4, 0.5) is 0 Å². The maximum absolute atomic E-state index is 16.0. The molecule has 14 atom stereocenters. The molecule has 5 aromatic carbocycles. The number of carbonyl (C=O) groups excluding carboxylic acids is 8. The molecule has 496 valence electrons. The van der Waals surface area contributed by atoms with Crippen LogP contribution in [-0.4, -0.2) is 201 Å². The Bertz CT molecular complexity index is 3830. The van der Waals surface area contributed by atoms with Crippen LogP contribution >= 0.6 is 0 Å². The van der Waals surface area contributed by atoms with Crippen molar-refractivity contribution in [3.8, 4) is 57.1 Å². The average molecular weight is 1540 g/mol. The molecule has 0 radical (unpaired) electrons. The number of aliphatic hydroxyl groups excluding tert-OH is 3. The van der Waals surface area contributed by atoms with E-state index in [0.717, 1.165) is 19.2 Å². The van der Waals surface area contributed by atoms with E-state index in [1.165, 1.54) is 61.5 Å². The molecule has 7 amide bonds. The van der Waals surface area contributed by atoms with E-state index in [9.17, 15) is 49.8 Å². The molecular weight excluding hydrogens is 1460 g/mol. The van der Waals surface area contributed by atoms with Gasteiger partial charge in [0.2, 0.25) is 17.7 Å². The van der Waals surface area contributed by atoms with Crippen LogP contribution in [0.2, 0.25) is 4.39 Å². The van der Waals surface area contributed by atoms with Gasteiger partial charge in [0, 0.05) is 0 Å². The molecule has 1 saturated heterocycles. The number of phenols is 3. The molecule has 6 aliphatic rings. The minimum absolute atomic E-state index is 0.0102. The molecule has 5 aromatic rings. The van der Waals surface area contributed by atoms with Gasteiger partial charge in [-0.1, -0.05) is 13.8 Å². The van der Waals surface area contributed by atoms with Gasteiger partial charge in [-0.05, 0) is 26.4 Å². The number of fused-ring (bicyclic) bond motifs is 15. The fourth-order valence-electron chi connectivity index (χ4n) is 12.1. The third kappa shape index (κ3) is 15.2. The van der Waals surface area contributed by atoms with E-state index in [4.69, 9.17) is 24.7 Å². The number of aromatic hydroxyl groups is 3. The topological polar surface area (TPSA) is 396 Å². The number of rotatable bonds is 12. The Kier molecular flexibility index (Phi) is 22.5. The molecule has 0 aliphatic carbocycles. The zero-order valence-corrected chi connectivity index (χ0v) is 61.0. The second-order valence-electron chi connectivity index (χ2n) is 25.1. The van der Waals surface area contributed by atoms with E-state index in [1.54, 1.807) is 64.9 Å². The molecule has 0 spiro atoms. The van der Waals surface area contributed by atoms with Crippen molar-refractivity contribution in [3.05, 3.63) is 117 Å². The summed E-state index contributed by atoms with van der Waals surface area (Å²) in [7, 11) is 3.33. The number of primary amides is 1. The first-order chi connectivity index (χ1) is 44.4. The van der Waals surface area contributed by atoms with Gasteiger partial charge in [-0.25, -0.2) is 0 Å². The number of nitrogens with two attached hydrogens (primary N) is 1. The quantitative estimate of drug-likeness (QED) is 0.0854. The number of nitrogens with zero attached hydrogens (tertiary/aromatic N) is 1. The maximum atomic E-state index is 16.0. The van der Waals surface area contributed by atoms with E-state index in [1.807, 2.05) is 13.8 Å². The Hall–Kier alpha value is -6.87. The molecular formula is C66H76N8O18RbRe. The number of carbonyl (C=O) groups is 8. The van der Waals surface area contributed by atoms with Crippen LogP contribution in [0.1, 0.15) is 122 Å². The predicted molar refractivity (Wildman–Crippen MR) is 334 cm³/mol. The standard InChI is InChI=1S/C66H76N8O18.Rb.Re/c1-10-46-59(82)45(78)23-37(90-46)27-89-60-49-21-36-22-50(60)92-48-16-13-35(19-30(48)5)58(81)56(73-62(84)42(74(8)9)17-28(2)3)66(88)68-40(25-51(67)79)61(83)71-55(36)65(87)72-54-34-11-14-43(76)39(20-34)52-38(24-44(77)32(7)57(52)80)41(26-75)69-63(85)53(70-64(54)86)31(6)33-12-15-47(91-49)29(4)18-33;;/h11-16,18-24,28,31,37,40-42,45-46,53-56,58-59,76-78,80-82H,10,17,25,27H2,1-9H3,(H2,67,79)(H,68,88)(H,69,85)(H,70,86)(H,71,83)(H,72,87)(H,73,84);;. The number of hydrogen-bond donors (Lipinski definition) is 13. The Labute approximate surface area is 591 Å². The number of likely N-dealkylation sites (N-methyl/N-ethyl adjacent to an activating group) is 1. The summed E-state index contributed by atoms with van der Waals surface area (Å²) in [4.78, 5) is 120. The first-order valence-electron chi connectivity index (χ1n) is 30.7. The first-order valence-corrected chi connectivity index (χ1v) is 34.8. The first kappa shape index (κ1) is 71.4. The van der Waals surface area contributed by atoms with Gasteiger partial charge in [0.25, 0.3) is 0 Å². The van der Waals surface area contributed by atoms with E-state index < -0.39 is 203 Å².